The fourth-order valence-electron chi connectivity index (χ4n) is 2.99. The van der Waals surface area contributed by atoms with E-state index in [1.807, 2.05) is 32.9 Å². The summed E-state index contributed by atoms with van der Waals surface area (Å²) in [5, 5.41) is 2.96. The number of amides is 1. The average molecular weight is 362 g/mol. The number of likely N-dealkylation sites (tertiary alicyclic amines) is 1. The van der Waals surface area contributed by atoms with Crippen molar-refractivity contribution < 1.29 is 19.1 Å². The van der Waals surface area contributed by atoms with Crippen LogP contribution in [0.5, 0.6) is 0 Å². The molecule has 144 valence electrons. The maximum Gasteiger partial charge on any atom is 0.407 e. The molecule has 26 heavy (non-hydrogen) atoms. The molecule has 1 aromatic rings. The first-order valence-electron chi connectivity index (χ1n) is 9.16. The SMILES string of the molecule is COC(=O)c1ccc(CCN2CCC(NC(=O)OC(C)(C)C)CC2)cc1. The van der Waals surface area contributed by atoms with Crippen molar-refractivity contribution in [2.75, 3.05) is 26.7 Å². The second-order valence-electron chi connectivity index (χ2n) is 7.70. The molecule has 2 rings (SSSR count). The molecule has 1 aliphatic heterocycles. The lowest BCUT2D eigenvalue weighted by Crippen LogP contribution is -2.46. The van der Waals surface area contributed by atoms with Gasteiger partial charge in [-0.25, -0.2) is 9.59 Å². The van der Waals surface area contributed by atoms with Crippen LogP contribution >= 0.6 is 0 Å². The van der Waals surface area contributed by atoms with Gasteiger partial charge in [-0.1, -0.05) is 12.1 Å². The predicted molar refractivity (Wildman–Crippen MR) is 100 cm³/mol. The van der Waals surface area contributed by atoms with Crippen LogP contribution < -0.4 is 5.32 Å². The van der Waals surface area contributed by atoms with E-state index >= 15 is 0 Å². The number of piperidine rings is 1. The third-order valence-corrected chi connectivity index (χ3v) is 4.40. The topological polar surface area (TPSA) is 67.9 Å². The lowest BCUT2D eigenvalue weighted by atomic mass is 10.0. The summed E-state index contributed by atoms with van der Waals surface area (Å²) in [6.07, 6.45) is 2.47. The Labute approximate surface area is 155 Å². The van der Waals surface area contributed by atoms with Crippen molar-refractivity contribution in [3.05, 3.63) is 35.4 Å². The summed E-state index contributed by atoms with van der Waals surface area (Å²) in [7, 11) is 1.39. The number of methoxy groups -OCH3 is 1. The number of alkyl carbamates (subject to hydrolysis) is 1. The summed E-state index contributed by atoms with van der Waals surface area (Å²) >= 11 is 0. The molecule has 0 bridgehead atoms. The third kappa shape index (κ3) is 6.67. The summed E-state index contributed by atoms with van der Waals surface area (Å²) in [4.78, 5) is 25.7. The fourth-order valence-corrected chi connectivity index (χ4v) is 2.99. The minimum atomic E-state index is -0.464. The number of carbonyl (C=O) groups excluding carboxylic acids is 2. The number of ether oxygens (including phenoxy) is 2. The summed E-state index contributed by atoms with van der Waals surface area (Å²) in [5.41, 5.74) is 1.31. The Hall–Kier alpha value is -2.08. The van der Waals surface area contributed by atoms with Crippen molar-refractivity contribution in [2.24, 2.45) is 0 Å². The molecule has 0 spiro atoms. The Kier molecular flexibility index (Phi) is 7.03. The minimum absolute atomic E-state index is 0.181. The quantitative estimate of drug-likeness (QED) is 0.816. The standard InChI is InChI=1S/C20H30N2O4/c1-20(2,3)26-19(24)21-17-10-13-22(14-11-17)12-9-15-5-7-16(8-6-15)18(23)25-4/h5-8,17H,9-14H2,1-4H3,(H,21,24). The molecule has 1 N–H and O–H groups in total. The van der Waals surface area contributed by atoms with Crippen molar-refractivity contribution in [1.29, 1.82) is 0 Å². The van der Waals surface area contributed by atoms with Crippen molar-refractivity contribution in [2.45, 2.75) is 51.7 Å². The molecule has 0 atom stereocenters. The van der Waals surface area contributed by atoms with Crippen LogP contribution in [-0.2, 0) is 15.9 Å². The Bertz CT molecular complexity index is 599. The van der Waals surface area contributed by atoms with Crippen LogP contribution in [0, 0.1) is 0 Å². The normalized spacial score (nSPS) is 16.2. The second-order valence-corrected chi connectivity index (χ2v) is 7.70. The molecular weight excluding hydrogens is 332 g/mol. The highest BCUT2D eigenvalue weighted by Crippen LogP contribution is 2.14. The Morgan fingerprint density at radius 2 is 1.77 bits per heavy atom. The zero-order valence-corrected chi connectivity index (χ0v) is 16.2. The van der Waals surface area contributed by atoms with Crippen LogP contribution in [0.15, 0.2) is 24.3 Å². The number of carbonyl (C=O) groups is 2. The first kappa shape index (κ1) is 20.2. The zero-order chi connectivity index (χ0) is 19.2. The van der Waals surface area contributed by atoms with Gasteiger partial charge in [-0.05, 0) is 57.7 Å². The number of hydrogen-bond acceptors (Lipinski definition) is 5. The van der Waals surface area contributed by atoms with E-state index in [1.165, 1.54) is 12.7 Å². The largest absolute Gasteiger partial charge is 0.465 e. The van der Waals surface area contributed by atoms with E-state index in [0.717, 1.165) is 38.9 Å². The molecular formula is C20H30N2O4. The molecule has 1 amide bonds. The Balaban J connectivity index is 1.70. The van der Waals surface area contributed by atoms with E-state index in [4.69, 9.17) is 9.47 Å². The Morgan fingerprint density at radius 1 is 1.15 bits per heavy atom. The van der Waals surface area contributed by atoms with E-state index in [0.29, 0.717) is 5.56 Å². The monoisotopic (exact) mass is 362 g/mol. The highest BCUT2D eigenvalue weighted by Gasteiger charge is 2.23. The van der Waals surface area contributed by atoms with E-state index < -0.39 is 5.60 Å². The molecule has 0 aromatic heterocycles. The molecule has 1 aliphatic rings. The van der Waals surface area contributed by atoms with Gasteiger partial charge in [-0.2, -0.15) is 0 Å². The van der Waals surface area contributed by atoms with E-state index in [1.54, 1.807) is 12.1 Å². The van der Waals surface area contributed by atoms with Crippen LogP contribution in [0.3, 0.4) is 0 Å². The smallest absolute Gasteiger partial charge is 0.407 e. The van der Waals surface area contributed by atoms with Crippen LogP contribution in [0.1, 0.15) is 49.5 Å². The van der Waals surface area contributed by atoms with Crippen molar-refractivity contribution in [3.63, 3.8) is 0 Å². The van der Waals surface area contributed by atoms with Crippen molar-refractivity contribution in [1.82, 2.24) is 10.2 Å². The molecule has 0 saturated carbocycles. The summed E-state index contributed by atoms with van der Waals surface area (Å²) < 4.78 is 10.0. The molecule has 6 nitrogen and oxygen atoms in total. The van der Waals surface area contributed by atoms with Gasteiger partial charge < -0.3 is 19.7 Å². The molecule has 1 fully saturated rings. The highest BCUT2D eigenvalue weighted by atomic mass is 16.6. The van der Waals surface area contributed by atoms with Crippen LogP contribution in [-0.4, -0.2) is 55.3 Å². The van der Waals surface area contributed by atoms with Gasteiger partial charge in [0.15, 0.2) is 0 Å². The highest BCUT2D eigenvalue weighted by molar-refractivity contribution is 5.89. The molecule has 1 saturated heterocycles. The van der Waals surface area contributed by atoms with Gasteiger partial charge in [0, 0.05) is 25.7 Å². The van der Waals surface area contributed by atoms with Gasteiger partial charge in [0.25, 0.3) is 0 Å². The van der Waals surface area contributed by atoms with Gasteiger partial charge in [0.2, 0.25) is 0 Å². The molecule has 0 unspecified atom stereocenters. The maximum absolute atomic E-state index is 11.8. The fraction of sp³-hybridized carbons (Fsp3) is 0.600. The van der Waals surface area contributed by atoms with E-state index in [2.05, 4.69) is 10.2 Å². The van der Waals surface area contributed by atoms with Crippen molar-refractivity contribution >= 4 is 12.1 Å². The van der Waals surface area contributed by atoms with Gasteiger partial charge >= 0.3 is 12.1 Å². The van der Waals surface area contributed by atoms with Gasteiger partial charge in [-0.15, -0.1) is 0 Å². The van der Waals surface area contributed by atoms with E-state index in [9.17, 15) is 9.59 Å². The molecule has 6 heteroatoms. The third-order valence-electron chi connectivity index (χ3n) is 4.40. The summed E-state index contributed by atoms with van der Waals surface area (Å²) in [5.74, 6) is -0.309. The van der Waals surface area contributed by atoms with Crippen LogP contribution in [0.25, 0.3) is 0 Å². The summed E-state index contributed by atoms with van der Waals surface area (Å²) in [6, 6.07) is 7.74. The Morgan fingerprint density at radius 3 is 2.31 bits per heavy atom. The first-order valence-corrected chi connectivity index (χ1v) is 9.16. The number of rotatable bonds is 5. The maximum atomic E-state index is 11.8. The molecule has 0 aliphatic carbocycles. The van der Waals surface area contributed by atoms with Crippen LogP contribution in [0.2, 0.25) is 0 Å². The number of hydrogen-bond donors (Lipinski definition) is 1. The predicted octanol–water partition coefficient (Wildman–Crippen LogP) is 3.00. The van der Waals surface area contributed by atoms with Gasteiger partial charge in [0.05, 0.1) is 12.7 Å². The lowest BCUT2D eigenvalue weighted by molar-refractivity contribution is 0.0478. The molecule has 1 aromatic carbocycles. The number of esters is 1. The number of nitrogens with zero attached hydrogens (tertiary/aromatic N) is 1. The number of benzene rings is 1. The first-order chi connectivity index (χ1) is 12.3. The molecule has 0 radical (unpaired) electrons. The second kappa shape index (κ2) is 9.03. The lowest BCUT2D eigenvalue weighted by Gasteiger charge is -2.32. The van der Waals surface area contributed by atoms with Crippen LogP contribution in [0.4, 0.5) is 4.79 Å². The van der Waals surface area contributed by atoms with E-state index in [-0.39, 0.29) is 18.1 Å². The minimum Gasteiger partial charge on any atom is -0.465 e. The average Bonchev–Trinajstić information content (AvgIpc) is 2.59. The molecule has 1 heterocycles. The summed E-state index contributed by atoms with van der Waals surface area (Å²) in [6.45, 7) is 8.49. The number of nitrogens with one attached hydrogen (secondary N) is 1. The van der Waals surface area contributed by atoms with Crippen molar-refractivity contribution in [3.8, 4) is 0 Å². The zero-order valence-electron chi connectivity index (χ0n) is 16.2. The van der Waals surface area contributed by atoms with Gasteiger partial charge in [-0.3, -0.25) is 0 Å². The van der Waals surface area contributed by atoms with Gasteiger partial charge in [0.1, 0.15) is 5.60 Å².